The molecule has 0 aromatic carbocycles. The van der Waals surface area contributed by atoms with Crippen LogP contribution in [0.3, 0.4) is 0 Å². The fraction of sp³-hybridized carbons (Fsp3) is 0.706. The summed E-state index contributed by atoms with van der Waals surface area (Å²) in [7, 11) is 2.22. The monoisotopic (exact) mass is 275 g/mol. The molecule has 112 valence electrons. The number of hydrogen-bond donors (Lipinski definition) is 1. The van der Waals surface area contributed by atoms with Crippen molar-refractivity contribution in [2.24, 2.45) is 5.92 Å². The quantitative estimate of drug-likeness (QED) is 0.804. The minimum atomic E-state index is 0.642. The van der Waals surface area contributed by atoms with Gasteiger partial charge >= 0.3 is 0 Å². The minimum Gasteiger partial charge on any atom is -0.356 e. The number of hydrogen-bond acceptors (Lipinski definition) is 3. The predicted octanol–water partition coefficient (Wildman–Crippen LogP) is 3.60. The number of rotatable bonds is 6. The second-order valence-electron chi connectivity index (χ2n) is 6.10. The third-order valence-electron chi connectivity index (χ3n) is 4.51. The van der Waals surface area contributed by atoms with Gasteiger partial charge in [-0.3, -0.25) is 0 Å². The Morgan fingerprint density at radius 3 is 2.90 bits per heavy atom. The van der Waals surface area contributed by atoms with E-state index in [1.54, 1.807) is 0 Å². The lowest BCUT2D eigenvalue weighted by Gasteiger charge is -2.37. The van der Waals surface area contributed by atoms with Crippen LogP contribution in [0.25, 0.3) is 0 Å². The maximum Gasteiger partial charge on any atom is 0.133 e. The zero-order chi connectivity index (χ0) is 14.4. The van der Waals surface area contributed by atoms with E-state index in [0.717, 1.165) is 24.8 Å². The van der Waals surface area contributed by atoms with Gasteiger partial charge in [0.15, 0.2) is 0 Å². The van der Waals surface area contributed by atoms with Crippen molar-refractivity contribution < 1.29 is 0 Å². The van der Waals surface area contributed by atoms with Crippen LogP contribution in [0, 0.1) is 5.92 Å². The van der Waals surface area contributed by atoms with Crippen LogP contribution in [-0.2, 0) is 6.54 Å². The molecule has 20 heavy (non-hydrogen) atoms. The summed E-state index contributed by atoms with van der Waals surface area (Å²) in [6.45, 7) is 6.57. The Labute approximate surface area is 123 Å². The highest BCUT2D eigenvalue weighted by molar-refractivity contribution is 5.47. The zero-order valence-corrected chi connectivity index (χ0v) is 13.2. The van der Waals surface area contributed by atoms with E-state index in [4.69, 9.17) is 0 Å². The summed E-state index contributed by atoms with van der Waals surface area (Å²) in [4.78, 5) is 7.08. The second kappa shape index (κ2) is 7.63. The normalized spacial score (nSPS) is 22.8. The topological polar surface area (TPSA) is 28.2 Å². The summed E-state index contributed by atoms with van der Waals surface area (Å²) in [5, 5.41) is 3.49. The molecule has 1 aliphatic carbocycles. The van der Waals surface area contributed by atoms with Gasteiger partial charge in [0.2, 0.25) is 0 Å². The van der Waals surface area contributed by atoms with E-state index in [1.807, 2.05) is 12.3 Å². The Hall–Kier alpha value is -1.09. The average Bonchev–Trinajstić information content (AvgIpc) is 2.48. The van der Waals surface area contributed by atoms with Crippen molar-refractivity contribution in [3.05, 3.63) is 23.9 Å². The SMILES string of the molecule is CCCNCc1cccnc1N(C)C1CCCCC1C. The van der Waals surface area contributed by atoms with Crippen LogP contribution >= 0.6 is 0 Å². The highest BCUT2D eigenvalue weighted by atomic mass is 15.2. The summed E-state index contributed by atoms with van der Waals surface area (Å²) in [5.41, 5.74) is 1.32. The lowest BCUT2D eigenvalue weighted by Crippen LogP contribution is -2.40. The number of pyridine rings is 1. The van der Waals surface area contributed by atoms with Gasteiger partial charge in [-0.1, -0.05) is 32.8 Å². The summed E-state index contributed by atoms with van der Waals surface area (Å²) >= 11 is 0. The Balaban J connectivity index is 2.09. The number of nitrogens with zero attached hydrogens (tertiary/aromatic N) is 2. The van der Waals surface area contributed by atoms with Gasteiger partial charge in [0.25, 0.3) is 0 Å². The van der Waals surface area contributed by atoms with Crippen LogP contribution in [0.2, 0.25) is 0 Å². The zero-order valence-electron chi connectivity index (χ0n) is 13.2. The molecule has 0 radical (unpaired) electrons. The van der Waals surface area contributed by atoms with Crippen molar-refractivity contribution in [2.75, 3.05) is 18.5 Å². The highest BCUT2D eigenvalue weighted by Crippen LogP contribution is 2.30. The van der Waals surface area contributed by atoms with Gasteiger partial charge in [0, 0.05) is 31.4 Å². The summed E-state index contributed by atoms with van der Waals surface area (Å²) in [6.07, 6.45) is 8.49. The van der Waals surface area contributed by atoms with Crippen molar-refractivity contribution in [3.63, 3.8) is 0 Å². The summed E-state index contributed by atoms with van der Waals surface area (Å²) in [6, 6.07) is 4.89. The largest absolute Gasteiger partial charge is 0.356 e. The van der Waals surface area contributed by atoms with E-state index in [9.17, 15) is 0 Å². The molecule has 0 aliphatic heterocycles. The van der Waals surface area contributed by atoms with E-state index in [0.29, 0.717) is 6.04 Å². The molecule has 1 aromatic rings. The predicted molar refractivity (Wildman–Crippen MR) is 86.1 cm³/mol. The first-order valence-corrected chi connectivity index (χ1v) is 8.11. The molecule has 1 aliphatic rings. The van der Waals surface area contributed by atoms with Gasteiger partial charge in [0.05, 0.1) is 0 Å². The third-order valence-corrected chi connectivity index (χ3v) is 4.51. The van der Waals surface area contributed by atoms with Gasteiger partial charge < -0.3 is 10.2 Å². The van der Waals surface area contributed by atoms with E-state index in [2.05, 4.69) is 42.2 Å². The molecule has 1 fully saturated rings. The molecule has 0 amide bonds. The number of anilines is 1. The molecule has 0 bridgehead atoms. The van der Waals surface area contributed by atoms with Crippen molar-refractivity contribution in [1.29, 1.82) is 0 Å². The van der Waals surface area contributed by atoms with Crippen LogP contribution in [0.1, 0.15) is 51.5 Å². The molecule has 0 spiro atoms. The van der Waals surface area contributed by atoms with Crippen molar-refractivity contribution >= 4 is 5.82 Å². The fourth-order valence-corrected chi connectivity index (χ4v) is 3.31. The molecule has 2 atom stereocenters. The number of nitrogens with one attached hydrogen (secondary N) is 1. The third kappa shape index (κ3) is 3.72. The molecule has 1 aromatic heterocycles. The van der Waals surface area contributed by atoms with Crippen molar-refractivity contribution in [1.82, 2.24) is 10.3 Å². The Kier molecular flexibility index (Phi) is 5.84. The average molecular weight is 275 g/mol. The minimum absolute atomic E-state index is 0.642. The van der Waals surface area contributed by atoms with E-state index in [-0.39, 0.29) is 0 Å². The molecule has 2 rings (SSSR count). The lowest BCUT2D eigenvalue weighted by atomic mass is 9.85. The number of aromatic nitrogens is 1. The molecule has 3 heteroatoms. The van der Waals surface area contributed by atoms with Gasteiger partial charge in [-0.2, -0.15) is 0 Å². The van der Waals surface area contributed by atoms with Crippen LogP contribution in [0.5, 0.6) is 0 Å². The molecule has 0 saturated heterocycles. The second-order valence-corrected chi connectivity index (χ2v) is 6.10. The highest BCUT2D eigenvalue weighted by Gasteiger charge is 2.26. The van der Waals surface area contributed by atoms with Gasteiger partial charge in [0.1, 0.15) is 5.82 Å². The summed E-state index contributed by atoms with van der Waals surface area (Å²) in [5.74, 6) is 1.93. The standard InChI is InChI=1S/C17H29N3/c1-4-11-18-13-15-9-7-12-19-17(15)20(3)16-10-6-5-8-14(16)2/h7,9,12,14,16,18H,4-6,8,10-11,13H2,1-3H3. The van der Waals surface area contributed by atoms with Crippen LogP contribution in [0.15, 0.2) is 18.3 Å². The first kappa shape index (κ1) is 15.3. The van der Waals surface area contributed by atoms with E-state index >= 15 is 0 Å². The molecule has 1 saturated carbocycles. The molecule has 1 heterocycles. The van der Waals surface area contributed by atoms with Crippen molar-refractivity contribution in [2.45, 2.75) is 58.5 Å². The van der Waals surface area contributed by atoms with Crippen LogP contribution in [-0.4, -0.2) is 24.6 Å². The molecular weight excluding hydrogens is 246 g/mol. The molecule has 3 nitrogen and oxygen atoms in total. The van der Waals surface area contributed by atoms with E-state index in [1.165, 1.54) is 37.7 Å². The van der Waals surface area contributed by atoms with Crippen molar-refractivity contribution in [3.8, 4) is 0 Å². The van der Waals surface area contributed by atoms with Gasteiger partial charge in [-0.05, 0) is 37.8 Å². The Morgan fingerprint density at radius 2 is 2.15 bits per heavy atom. The molecular formula is C17H29N3. The first-order valence-electron chi connectivity index (χ1n) is 8.11. The first-order chi connectivity index (χ1) is 9.74. The molecule has 2 unspecified atom stereocenters. The maximum absolute atomic E-state index is 4.65. The Bertz CT molecular complexity index is 405. The Morgan fingerprint density at radius 1 is 1.35 bits per heavy atom. The van der Waals surface area contributed by atoms with Crippen LogP contribution < -0.4 is 10.2 Å². The maximum atomic E-state index is 4.65. The summed E-state index contributed by atoms with van der Waals surface area (Å²) < 4.78 is 0. The van der Waals surface area contributed by atoms with E-state index < -0.39 is 0 Å². The smallest absolute Gasteiger partial charge is 0.133 e. The fourth-order valence-electron chi connectivity index (χ4n) is 3.31. The van der Waals surface area contributed by atoms with Gasteiger partial charge in [-0.15, -0.1) is 0 Å². The van der Waals surface area contributed by atoms with Crippen LogP contribution in [0.4, 0.5) is 5.82 Å². The lowest BCUT2D eigenvalue weighted by molar-refractivity contribution is 0.320. The van der Waals surface area contributed by atoms with Gasteiger partial charge in [-0.25, -0.2) is 4.98 Å². The molecule has 1 N–H and O–H groups in total.